The first kappa shape index (κ1) is 40.6. The molecule has 2 heterocycles. The molecule has 1 unspecified atom stereocenters. The Morgan fingerprint density at radius 1 is 0.589 bits per heavy atom. The highest BCUT2D eigenvalue weighted by Crippen LogP contribution is 2.43. The topological polar surface area (TPSA) is 97.4 Å². The quantitative estimate of drug-likeness (QED) is 0.129. The molecule has 2 aliphatic heterocycles. The highest BCUT2D eigenvalue weighted by Gasteiger charge is 2.50. The van der Waals surface area contributed by atoms with E-state index >= 15 is 0 Å². The van der Waals surface area contributed by atoms with Gasteiger partial charge in [-0.3, -0.25) is 4.79 Å². The number of rotatable bonds is 8. The van der Waals surface area contributed by atoms with Crippen LogP contribution in [0.3, 0.4) is 0 Å². The van der Waals surface area contributed by atoms with Gasteiger partial charge in [0.05, 0.1) is 0 Å². The fourth-order valence-electron chi connectivity index (χ4n) is 7.78. The minimum Gasteiger partial charge on any atom is -0.487 e. The summed E-state index contributed by atoms with van der Waals surface area (Å²) in [5.41, 5.74) is 0.376. The third-order valence-corrected chi connectivity index (χ3v) is 12.1. The van der Waals surface area contributed by atoms with Crippen molar-refractivity contribution in [3.8, 4) is 23.0 Å². The number of benzene rings is 4. The number of hydrogen-bond donors (Lipinski definition) is 0. The van der Waals surface area contributed by atoms with Gasteiger partial charge in [0, 0.05) is 17.3 Å². The number of cyclic esters (lactones) is 2. The summed E-state index contributed by atoms with van der Waals surface area (Å²) in [6.07, 6.45) is 2.42. The van der Waals surface area contributed by atoms with E-state index in [4.69, 9.17) is 23.7 Å². The van der Waals surface area contributed by atoms with E-state index in [2.05, 4.69) is 41.5 Å². The number of esters is 3. The zero-order valence-corrected chi connectivity index (χ0v) is 35.0. The van der Waals surface area contributed by atoms with Crippen LogP contribution < -0.4 is 14.2 Å². The molecule has 296 valence electrons. The van der Waals surface area contributed by atoms with E-state index in [0.29, 0.717) is 29.2 Å². The number of hydrogen-bond acceptors (Lipinski definition) is 8. The standard InChI is InChI=1S/C48H56O8/c1-13-26-48(12)29-43(2,3)55-40(49)37-28-33(19-25-39(37)54-48)45(6,7)31-16-22-35(23-17-31)52-34-20-14-30(15-21-34)44(4,5)32-18-24-38-36(27-32)41(50)56-47(10,11)46(8,9)42(51)53-38/h14-25,27-28H,13,26,29H2,1-12H3. The van der Waals surface area contributed by atoms with Gasteiger partial charge in [0.25, 0.3) is 0 Å². The molecule has 4 aromatic carbocycles. The molecule has 0 amide bonds. The van der Waals surface area contributed by atoms with E-state index < -0.39 is 45.0 Å². The monoisotopic (exact) mass is 760 g/mol. The Morgan fingerprint density at radius 2 is 1.04 bits per heavy atom. The summed E-state index contributed by atoms with van der Waals surface area (Å²) < 4.78 is 30.4. The fraction of sp³-hybridized carbons (Fsp3) is 0.438. The summed E-state index contributed by atoms with van der Waals surface area (Å²) >= 11 is 0. The van der Waals surface area contributed by atoms with Gasteiger partial charge in [0.15, 0.2) is 0 Å². The minimum absolute atomic E-state index is 0.188. The molecule has 8 nitrogen and oxygen atoms in total. The third kappa shape index (κ3) is 7.67. The Bertz CT molecular complexity index is 2150. The summed E-state index contributed by atoms with van der Waals surface area (Å²) in [7, 11) is 0. The van der Waals surface area contributed by atoms with Crippen LogP contribution in [0.15, 0.2) is 84.9 Å². The predicted molar refractivity (Wildman–Crippen MR) is 217 cm³/mol. The number of carbonyl (C=O) groups excluding carboxylic acids is 3. The summed E-state index contributed by atoms with van der Waals surface area (Å²) in [4.78, 5) is 39.8. The molecule has 1 atom stereocenters. The van der Waals surface area contributed by atoms with Crippen molar-refractivity contribution in [2.24, 2.45) is 5.41 Å². The Hall–Kier alpha value is -5.11. The lowest BCUT2D eigenvalue weighted by Gasteiger charge is -2.40. The van der Waals surface area contributed by atoms with E-state index in [9.17, 15) is 14.4 Å². The van der Waals surface area contributed by atoms with Crippen molar-refractivity contribution in [3.05, 3.63) is 118 Å². The molecule has 0 spiro atoms. The van der Waals surface area contributed by atoms with Gasteiger partial charge in [-0.2, -0.15) is 0 Å². The largest absolute Gasteiger partial charge is 0.487 e. The molecule has 56 heavy (non-hydrogen) atoms. The number of ether oxygens (including phenoxy) is 5. The van der Waals surface area contributed by atoms with Gasteiger partial charge in [-0.1, -0.05) is 77.4 Å². The fourth-order valence-corrected chi connectivity index (χ4v) is 7.78. The second-order valence-electron chi connectivity index (χ2n) is 18.4. The van der Waals surface area contributed by atoms with Crippen LogP contribution in [0.5, 0.6) is 23.0 Å². The van der Waals surface area contributed by atoms with E-state index in [1.165, 1.54) is 0 Å². The van der Waals surface area contributed by atoms with Crippen LogP contribution in [0.4, 0.5) is 0 Å². The molecular weight excluding hydrogens is 705 g/mol. The maximum absolute atomic E-state index is 13.4. The van der Waals surface area contributed by atoms with E-state index in [0.717, 1.165) is 35.1 Å². The van der Waals surface area contributed by atoms with Crippen LogP contribution in [-0.4, -0.2) is 34.7 Å². The maximum Gasteiger partial charge on any atom is 0.342 e. The Labute approximate surface area is 331 Å². The number of fused-ring (bicyclic) bond motifs is 2. The Kier molecular flexibility index (Phi) is 10.2. The summed E-state index contributed by atoms with van der Waals surface area (Å²) in [6, 6.07) is 27.0. The van der Waals surface area contributed by atoms with Gasteiger partial charge >= 0.3 is 17.9 Å². The summed E-state index contributed by atoms with van der Waals surface area (Å²) in [5.74, 6) is 0.732. The van der Waals surface area contributed by atoms with Gasteiger partial charge in [0.1, 0.15) is 56.3 Å². The van der Waals surface area contributed by atoms with Crippen LogP contribution in [-0.2, 0) is 25.1 Å². The molecule has 0 aromatic heterocycles. The van der Waals surface area contributed by atoms with Crippen LogP contribution in [0.1, 0.15) is 145 Å². The van der Waals surface area contributed by atoms with Gasteiger partial charge in [-0.05, 0) is 126 Å². The highest BCUT2D eigenvalue weighted by atomic mass is 16.6. The first-order valence-corrected chi connectivity index (χ1v) is 19.5. The second-order valence-corrected chi connectivity index (χ2v) is 18.4. The van der Waals surface area contributed by atoms with Gasteiger partial charge < -0.3 is 23.7 Å². The predicted octanol–water partition coefficient (Wildman–Crippen LogP) is 11.3. The second kappa shape index (κ2) is 14.1. The van der Waals surface area contributed by atoms with Crippen LogP contribution in [0.25, 0.3) is 0 Å². The highest BCUT2D eigenvalue weighted by molar-refractivity contribution is 5.96. The van der Waals surface area contributed by atoms with Crippen molar-refractivity contribution in [3.63, 3.8) is 0 Å². The molecule has 0 aliphatic carbocycles. The van der Waals surface area contributed by atoms with Crippen molar-refractivity contribution < 1.29 is 38.1 Å². The zero-order valence-electron chi connectivity index (χ0n) is 35.0. The first-order chi connectivity index (χ1) is 26.0. The molecule has 0 saturated heterocycles. The first-order valence-electron chi connectivity index (χ1n) is 19.5. The van der Waals surface area contributed by atoms with Gasteiger partial charge in [0.2, 0.25) is 0 Å². The molecule has 0 N–H and O–H groups in total. The molecule has 0 saturated carbocycles. The SMILES string of the molecule is CCCC1(C)CC(C)(C)OC(=O)c2cc(C(C)(C)c3ccc(Oc4ccc(C(C)(C)c5ccc6c(c5)C(=O)OC(C)(C)C(C)(C)C(=O)O6)cc4)cc3)ccc2O1. The third-order valence-electron chi connectivity index (χ3n) is 12.1. The lowest BCUT2D eigenvalue weighted by molar-refractivity contribution is -0.159. The van der Waals surface area contributed by atoms with E-state index in [1.54, 1.807) is 39.8 Å². The molecule has 2 aliphatic rings. The number of carbonyl (C=O) groups is 3. The molecule has 0 bridgehead atoms. The molecule has 4 aromatic rings. The molecule has 0 radical (unpaired) electrons. The summed E-state index contributed by atoms with van der Waals surface area (Å²) in [5, 5.41) is 0. The average Bonchev–Trinajstić information content (AvgIpc) is 3.10. The lowest BCUT2D eigenvalue weighted by Crippen LogP contribution is -2.51. The zero-order chi connectivity index (χ0) is 41.1. The molecule has 8 heteroatoms. The van der Waals surface area contributed by atoms with Crippen LogP contribution in [0, 0.1) is 5.41 Å². The lowest BCUT2D eigenvalue weighted by atomic mass is 9.76. The van der Waals surface area contributed by atoms with Crippen molar-refractivity contribution in [2.75, 3.05) is 0 Å². The summed E-state index contributed by atoms with van der Waals surface area (Å²) in [6.45, 7) is 23.4. The van der Waals surface area contributed by atoms with Gasteiger partial charge in [-0.25, -0.2) is 9.59 Å². The van der Waals surface area contributed by atoms with Crippen LogP contribution >= 0.6 is 0 Å². The Morgan fingerprint density at radius 3 is 1.54 bits per heavy atom. The Balaban J connectivity index is 1.18. The van der Waals surface area contributed by atoms with Gasteiger partial charge in [-0.15, -0.1) is 0 Å². The minimum atomic E-state index is -1.07. The molecule has 6 rings (SSSR count). The van der Waals surface area contributed by atoms with Crippen molar-refractivity contribution >= 4 is 17.9 Å². The smallest absolute Gasteiger partial charge is 0.342 e. The normalized spacial score (nSPS) is 20.3. The van der Waals surface area contributed by atoms with Crippen molar-refractivity contribution in [1.82, 2.24) is 0 Å². The molecular formula is C48H56O8. The van der Waals surface area contributed by atoms with Crippen LogP contribution in [0.2, 0.25) is 0 Å². The molecule has 0 fully saturated rings. The van der Waals surface area contributed by atoms with E-state index in [1.807, 2.05) is 86.6 Å². The maximum atomic E-state index is 13.4. The van der Waals surface area contributed by atoms with Crippen molar-refractivity contribution in [1.29, 1.82) is 0 Å². The average molecular weight is 761 g/mol. The van der Waals surface area contributed by atoms with E-state index in [-0.39, 0.29) is 17.3 Å². The van der Waals surface area contributed by atoms with Crippen molar-refractivity contribution in [2.45, 2.75) is 130 Å².